The van der Waals surface area contributed by atoms with E-state index in [9.17, 15) is 4.79 Å². The van der Waals surface area contributed by atoms with Gasteiger partial charge in [0.25, 0.3) is 0 Å². The van der Waals surface area contributed by atoms with Crippen LogP contribution in [-0.4, -0.2) is 27.5 Å². The Labute approximate surface area is 94.0 Å². The molecule has 88 valence electrons. The first-order valence-corrected chi connectivity index (χ1v) is 5.50. The van der Waals surface area contributed by atoms with Gasteiger partial charge >= 0.3 is 5.97 Å². The number of rotatable bonds is 6. The molecule has 1 N–H and O–H groups in total. The molecule has 0 aliphatic heterocycles. The van der Waals surface area contributed by atoms with Gasteiger partial charge in [-0.15, -0.1) is 0 Å². The molecule has 0 amide bonds. The smallest absolute Gasteiger partial charge is 0.339 e. The molecule has 5 nitrogen and oxygen atoms in total. The lowest BCUT2D eigenvalue weighted by atomic mass is 10.2. The van der Waals surface area contributed by atoms with Gasteiger partial charge in [-0.05, 0) is 12.3 Å². The van der Waals surface area contributed by atoms with Gasteiger partial charge in [-0.2, -0.15) is 5.10 Å². The van der Waals surface area contributed by atoms with Gasteiger partial charge in [0.05, 0.1) is 18.5 Å². The number of aryl methyl sites for hydroxylation is 1. The van der Waals surface area contributed by atoms with Crippen molar-refractivity contribution in [2.24, 2.45) is 13.0 Å². The lowest BCUT2D eigenvalue weighted by Gasteiger charge is -2.05. The number of aromatic nitrogens is 2. The largest absolute Gasteiger partial charge is 0.478 e. The fourth-order valence-electron chi connectivity index (χ4n) is 1.64. The molecule has 16 heavy (non-hydrogen) atoms. The Hall–Kier alpha value is -1.36. The van der Waals surface area contributed by atoms with Crippen LogP contribution in [0.5, 0.6) is 0 Å². The zero-order chi connectivity index (χ0) is 11.5. The second-order valence-electron chi connectivity index (χ2n) is 4.22. The van der Waals surface area contributed by atoms with Gasteiger partial charge in [-0.25, -0.2) is 4.79 Å². The van der Waals surface area contributed by atoms with Crippen LogP contribution in [0, 0.1) is 5.92 Å². The monoisotopic (exact) mass is 224 g/mol. The van der Waals surface area contributed by atoms with Crippen molar-refractivity contribution in [2.75, 3.05) is 6.61 Å². The van der Waals surface area contributed by atoms with Crippen molar-refractivity contribution in [2.45, 2.75) is 25.9 Å². The van der Waals surface area contributed by atoms with Crippen molar-refractivity contribution in [3.63, 3.8) is 0 Å². The lowest BCUT2D eigenvalue weighted by molar-refractivity contribution is 0.0684. The van der Waals surface area contributed by atoms with Gasteiger partial charge in [0.15, 0.2) is 0 Å². The summed E-state index contributed by atoms with van der Waals surface area (Å²) in [6.07, 6.45) is 5.08. The third kappa shape index (κ3) is 2.61. The van der Waals surface area contributed by atoms with Crippen LogP contribution in [0.1, 0.15) is 35.3 Å². The summed E-state index contributed by atoms with van der Waals surface area (Å²) in [5.41, 5.74) is 0.859. The van der Waals surface area contributed by atoms with Crippen LogP contribution in [0.15, 0.2) is 6.20 Å². The molecule has 0 unspecified atom stereocenters. The van der Waals surface area contributed by atoms with Crippen LogP contribution in [0.4, 0.5) is 0 Å². The number of aromatic carboxylic acids is 1. The van der Waals surface area contributed by atoms with Crippen molar-refractivity contribution in [1.82, 2.24) is 9.78 Å². The second-order valence-corrected chi connectivity index (χ2v) is 4.22. The number of nitrogens with zero attached hydrogens (tertiary/aromatic N) is 2. The molecule has 1 saturated carbocycles. The minimum atomic E-state index is -0.950. The zero-order valence-corrected chi connectivity index (χ0v) is 9.35. The summed E-state index contributed by atoms with van der Waals surface area (Å²) in [6.45, 7) is 1.03. The predicted molar refractivity (Wildman–Crippen MR) is 57.2 cm³/mol. The Kier molecular flexibility index (Phi) is 3.24. The molecular weight excluding hydrogens is 208 g/mol. The molecule has 0 saturated heterocycles. The van der Waals surface area contributed by atoms with Gasteiger partial charge in [0.2, 0.25) is 0 Å². The number of carboxylic acid groups (broad SMARTS) is 1. The standard InChI is InChI=1S/C11H16N2O3/c1-13-10(9(6-12-13)11(14)15)7-16-5-4-8-2-3-8/h6,8H,2-5,7H2,1H3,(H,14,15). The summed E-state index contributed by atoms with van der Waals surface area (Å²) in [5.74, 6) is -0.112. The van der Waals surface area contributed by atoms with Crippen LogP contribution in [0.25, 0.3) is 0 Å². The molecule has 0 bridgehead atoms. The highest BCUT2D eigenvalue weighted by Gasteiger charge is 2.21. The van der Waals surface area contributed by atoms with E-state index in [-0.39, 0.29) is 5.56 Å². The minimum absolute atomic E-state index is 0.230. The van der Waals surface area contributed by atoms with E-state index in [0.717, 1.165) is 12.3 Å². The number of ether oxygens (including phenoxy) is 1. The zero-order valence-electron chi connectivity index (χ0n) is 9.35. The summed E-state index contributed by atoms with van der Waals surface area (Å²) in [5, 5.41) is 12.8. The van der Waals surface area contributed by atoms with Crippen molar-refractivity contribution in [1.29, 1.82) is 0 Å². The van der Waals surface area contributed by atoms with E-state index in [2.05, 4.69) is 5.10 Å². The first-order chi connectivity index (χ1) is 7.68. The first-order valence-electron chi connectivity index (χ1n) is 5.50. The Morgan fingerprint density at radius 1 is 1.69 bits per heavy atom. The lowest BCUT2D eigenvalue weighted by Crippen LogP contribution is -2.07. The van der Waals surface area contributed by atoms with E-state index in [1.165, 1.54) is 19.0 Å². The van der Waals surface area contributed by atoms with Gasteiger partial charge in [-0.3, -0.25) is 4.68 Å². The summed E-state index contributed by atoms with van der Waals surface area (Å²) in [4.78, 5) is 10.9. The topological polar surface area (TPSA) is 64.4 Å². The Morgan fingerprint density at radius 3 is 3.06 bits per heavy atom. The Balaban J connectivity index is 1.86. The quantitative estimate of drug-likeness (QED) is 0.742. The van der Waals surface area contributed by atoms with Crippen molar-refractivity contribution < 1.29 is 14.6 Å². The SMILES string of the molecule is Cn1ncc(C(=O)O)c1COCCC1CC1. The summed E-state index contributed by atoms with van der Waals surface area (Å²) >= 11 is 0. The molecule has 1 aliphatic rings. The highest BCUT2D eigenvalue weighted by atomic mass is 16.5. The normalized spacial score (nSPS) is 15.3. The molecule has 1 heterocycles. The average molecular weight is 224 g/mol. The van der Waals surface area contributed by atoms with Gasteiger partial charge in [0, 0.05) is 13.7 Å². The van der Waals surface area contributed by atoms with Crippen LogP contribution >= 0.6 is 0 Å². The maximum Gasteiger partial charge on any atom is 0.339 e. The van der Waals surface area contributed by atoms with E-state index in [1.54, 1.807) is 11.7 Å². The molecule has 1 aromatic heterocycles. The number of carboxylic acids is 1. The predicted octanol–water partition coefficient (Wildman–Crippen LogP) is 1.44. The van der Waals surface area contributed by atoms with Crippen LogP contribution in [-0.2, 0) is 18.4 Å². The molecule has 1 fully saturated rings. The highest BCUT2D eigenvalue weighted by Crippen LogP contribution is 2.32. The van der Waals surface area contributed by atoms with Gasteiger partial charge < -0.3 is 9.84 Å². The van der Waals surface area contributed by atoms with Crippen LogP contribution in [0.2, 0.25) is 0 Å². The number of hydrogen-bond donors (Lipinski definition) is 1. The summed E-state index contributed by atoms with van der Waals surface area (Å²) < 4.78 is 7.03. The molecule has 0 spiro atoms. The Morgan fingerprint density at radius 2 is 2.44 bits per heavy atom. The van der Waals surface area contributed by atoms with Gasteiger partial charge in [-0.1, -0.05) is 12.8 Å². The molecular formula is C11H16N2O3. The third-order valence-corrected chi connectivity index (χ3v) is 2.90. The van der Waals surface area contributed by atoms with Crippen molar-refractivity contribution >= 4 is 5.97 Å². The van der Waals surface area contributed by atoms with Gasteiger partial charge in [0.1, 0.15) is 5.56 Å². The molecule has 1 aliphatic carbocycles. The second kappa shape index (κ2) is 4.65. The Bertz CT molecular complexity index is 383. The minimum Gasteiger partial charge on any atom is -0.478 e. The molecule has 2 rings (SSSR count). The molecule has 1 aromatic rings. The average Bonchev–Trinajstić information content (AvgIpc) is 2.98. The maximum absolute atomic E-state index is 10.9. The van der Waals surface area contributed by atoms with Crippen molar-refractivity contribution in [3.8, 4) is 0 Å². The van der Waals surface area contributed by atoms with Crippen LogP contribution < -0.4 is 0 Å². The van der Waals surface area contributed by atoms with E-state index in [0.29, 0.717) is 18.9 Å². The number of carbonyl (C=O) groups is 1. The third-order valence-electron chi connectivity index (χ3n) is 2.90. The summed E-state index contributed by atoms with van der Waals surface area (Å²) in [7, 11) is 1.73. The molecule has 5 heteroatoms. The maximum atomic E-state index is 10.9. The first kappa shape index (κ1) is 11.1. The van der Waals surface area contributed by atoms with Crippen LogP contribution in [0.3, 0.4) is 0 Å². The fourth-order valence-corrected chi connectivity index (χ4v) is 1.64. The highest BCUT2D eigenvalue weighted by molar-refractivity contribution is 5.88. The van der Waals surface area contributed by atoms with Crippen molar-refractivity contribution in [3.05, 3.63) is 17.5 Å². The van der Waals surface area contributed by atoms with E-state index >= 15 is 0 Å². The number of hydrogen-bond acceptors (Lipinski definition) is 3. The van der Waals surface area contributed by atoms with E-state index < -0.39 is 5.97 Å². The molecule has 0 radical (unpaired) electrons. The van der Waals surface area contributed by atoms with E-state index in [4.69, 9.17) is 9.84 Å². The molecule has 0 atom stereocenters. The van der Waals surface area contributed by atoms with E-state index in [1.807, 2.05) is 0 Å². The summed E-state index contributed by atoms with van der Waals surface area (Å²) in [6, 6.07) is 0. The fraction of sp³-hybridized carbons (Fsp3) is 0.636. The molecule has 0 aromatic carbocycles.